The number of hydrogen-bond acceptors (Lipinski definition) is 4. The van der Waals surface area contributed by atoms with Crippen LogP contribution >= 0.6 is 0 Å². The molecule has 0 aliphatic rings. The zero-order chi connectivity index (χ0) is 16.4. The second-order valence-corrected chi connectivity index (χ2v) is 4.87. The summed E-state index contributed by atoms with van der Waals surface area (Å²) in [6.07, 6.45) is 2.06. The summed E-state index contributed by atoms with van der Waals surface area (Å²) in [5, 5.41) is 11.7. The van der Waals surface area contributed by atoms with E-state index >= 15 is 0 Å². The third-order valence-electron chi connectivity index (χ3n) is 3.12. The molecule has 0 fully saturated rings. The summed E-state index contributed by atoms with van der Waals surface area (Å²) in [5.41, 5.74) is 0.404. The number of methoxy groups -OCH3 is 1. The molecule has 6 heteroatoms. The number of aliphatic carboxylic acids is 1. The molecule has 0 aromatic heterocycles. The molecule has 1 amide bonds. The maximum absolute atomic E-state index is 12.1. The van der Waals surface area contributed by atoms with Crippen LogP contribution in [0.1, 0.15) is 36.5 Å². The fourth-order valence-corrected chi connectivity index (χ4v) is 1.85. The molecule has 22 heavy (non-hydrogen) atoms. The van der Waals surface area contributed by atoms with Crippen molar-refractivity contribution in [2.75, 3.05) is 20.3 Å². The van der Waals surface area contributed by atoms with Gasteiger partial charge in [0.1, 0.15) is 18.4 Å². The van der Waals surface area contributed by atoms with E-state index < -0.39 is 17.9 Å². The molecule has 0 spiro atoms. The number of hydrogen-bond donors (Lipinski definition) is 2. The zero-order valence-corrected chi connectivity index (χ0v) is 13.0. The van der Waals surface area contributed by atoms with Gasteiger partial charge in [0.15, 0.2) is 0 Å². The average molecular weight is 309 g/mol. The first-order valence-electron chi connectivity index (χ1n) is 7.34. The predicted molar refractivity (Wildman–Crippen MR) is 82.2 cm³/mol. The molecule has 0 heterocycles. The number of carboxylic acids is 1. The first kappa shape index (κ1) is 18.0. The average Bonchev–Trinajstić information content (AvgIpc) is 2.51. The lowest BCUT2D eigenvalue weighted by atomic mass is 10.1. The van der Waals surface area contributed by atoms with Crippen LogP contribution in [-0.4, -0.2) is 43.3 Å². The van der Waals surface area contributed by atoms with Crippen LogP contribution in [0.15, 0.2) is 24.3 Å². The third kappa shape index (κ3) is 6.13. The summed E-state index contributed by atoms with van der Waals surface area (Å²) >= 11 is 0. The highest BCUT2D eigenvalue weighted by molar-refractivity contribution is 5.96. The summed E-state index contributed by atoms with van der Waals surface area (Å²) in [6.45, 7) is 2.89. The molecule has 2 N–H and O–H groups in total. The number of nitrogens with one attached hydrogen (secondary N) is 1. The van der Waals surface area contributed by atoms with Crippen LogP contribution in [0.4, 0.5) is 0 Å². The molecular formula is C16H23NO5. The number of unbranched alkanes of at least 4 members (excludes halogenated alkanes) is 1. The molecule has 0 saturated heterocycles. The summed E-state index contributed by atoms with van der Waals surface area (Å²) in [7, 11) is 1.59. The molecule has 0 aliphatic heterocycles. The Morgan fingerprint density at radius 2 is 1.91 bits per heavy atom. The van der Waals surface area contributed by atoms with Gasteiger partial charge in [-0.1, -0.05) is 19.8 Å². The van der Waals surface area contributed by atoms with Crippen molar-refractivity contribution >= 4 is 11.9 Å². The predicted octanol–water partition coefficient (Wildman–Crippen LogP) is 2.08. The van der Waals surface area contributed by atoms with Crippen molar-refractivity contribution in [3.8, 4) is 5.75 Å². The lowest BCUT2D eigenvalue weighted by Gasteiger charge is -2.14. The topological polar surface area (TPSA) is 84.9 Å². The molecule has 122 valence electrons. The molecule has 0 bridgehead atoms. The molecule has 0 saturated carbocycles. The molecule has 1 aromatic rings. The highest BCUT2D eigenvalue weighted by Gasteiger charge is 2.19. The van der Waals surface area contributed by atoms with E-state index in [2.05, 4.69) is 5.32 Å². The van der Waals surface area contributed by atoms with E-state index in [0.717, 1.165) is 12.8 Å². The van der Waals surface area contributed by atoms with Crippen LogP contribution < -0.4 is 10.1 Å². The number of benzene rings is 1. The Morgan fingerprint density at radius 1 is 1.23 bits per heavy atom. The minimum Gasteiger partial charge on any atom is -0.491 e. The van der Waals surface area contributed by atoms with Gasteiger partial charge in [0, 0.05) is 12.7 Å². The van der Waals surface area contributed by atoms with Gasteiger partial charge in [-0.05, 0) is 30.7 Å². The fraction of sp³-hybridized carbons (Fsp3) is 0.500. The monoisotopic (exact) mass is 309 g/mol. The van der Waals surface area contributed by atoms with E-state index in [-0.39, 0.29) is 0 Å². The SMILES string of the molecule is CCCCC(NC(=O)c1ccc(OCCOC)cc1)C(=O)O. The minimum atomic E-state index is -1.01. The first-order chi connectivity index (χ1) is 10.6. The molecule has 1 rings (SSSR count). The van der Waals surface area contributed by atoms with E-state index in [1.165, 1.54) is 0 Å². The Morgan fingerprint density at radius 3 is 2.45 bits per heavy atom. The van der Waals surface area contributed by atoms with Crippen LogP contribution in [0.3, 0.4) is 0 Å². The molecular weight excluding hydrogens is 286 g/mol. The number of carboxylic acid groups (broad SMARTS) is 1. The van der Waals surface area contributed by atoms with E-state index in [4.69, 9.17) is 14.6 Å². The van der Waals surface area contributed by atoms with E-state index in [1.54, 1.807) is 31.4 Å². The third-order valence-corrected chi connectivity index (χ3v) is 3.12. The van der Waals surface area contributed by atoms with Crippen molar-refractivity contribution in [3.05, 3.63) is 29.8 Å². The van der Waals surface area contributed by atoms with Crippen molar-refractivity contribution in [2.45, 2.75) is 32.2 Å². The Hall–Kier alpha value is -2.08. The Balaban J connectivity index is 2.58. The maximum atomic E-state index is 12.1. The quantitative estimate of drug-likeness (QED) is 0.646. The second-order valence-electron chi connectivity index (χ2n) is 4.87. The van der Waals surface area contributed by atoms with Crippen molar-refractivity contribution in [3.63, 3.8) is 0 Å². The Bertz CT molecular complexity index is 472. The summed E-state index contributed by atoms with van der Waals surface area (Å²) < 4.78 is 10.3. The summed E-state index contributed by atoms with van der Waals surface area (Å²) in [5.74, 6) is -0.775. The molecule has 1 atom stereocenters. The van der Waals surface area contributed by atoms with Crippen LogP contribution in [-0.2, 0) is 9.53 Å². The highest BCUT2D eigenvalue weighted by Crippen LogP contribution is 2.12. The smallest absolute Gasteiger partial charge is 0.326 e. The van der Waals surface area contributed by atoms with Crippen molar-refractivity contribution in [2.24, 2.45) is 0 Å². The lowest BCUT2D eigenvalue weighted by Crippen LogP contribution is -2.40. The molecule has 1 aromatic carbocycles. The lowest BCUT2D eigenvalue weighted by molar-refractivity contribution is -0.139. The van der Waals surface area contributed by atoms with Gasteiger partial charge in [0.25, 0.3) is 5.91 Å². The first-order valence-corrected chi connectivity index (χ1v) is 7.34. The van der Waals surface area contributed by atoms with E-state index in [1.807, 2.05) is 6.92 Å². The van der Waals surface area contributed by atoms with Crippen molar-refractivity contribution in [1.82, 2.24) is 5.32 Å². The van der Waals surface area contributed by atoms with Gasteiger partial charge >= 0.3 is 5.97 Å². The van der Waals surface area contributed by atoms with Crippen LogP contribution in [0.2, 0.25) is 0 Å². The zero-order valence-electron chi connectivity index (χ0n) is 13.0. The number of ether oxygens (including phenoxy) is 2. The van der Waals surface area contributed by atoms with Crippen molar-refractivity contribution < 1.29 is 24.2 Å². The minimum absolute atomic E-state index is 0.396. The standard InChI is InChI=1S/C16H23NO5/c1-3-4-5-14(16(19)20)17-15(18)12-6-8-13(9-7-12)22-11-10-21-2/h6-9,14H,3-5,10-11H2,1-2H3,(H,17,18)(H,19,20). The van der Waals surface area contributed by atoms with Crippen LogP contribution in [0.5, 0.6) is 5.75 Å². The highest BCUT2D eigenvalue weighted by atomic mass is 16.5. The van der Waals surface area contributed by atoms with Crippen LogP contribution in [0, 0.1) is 0 Å². The summed E-state index contributed by atoms with van der Waals surface area (Å²) in [6, 6.07) is 5.70. The Labute approximate surface area is 130 Å². The molecule has 1 unspecified atom stereocenters. The summed E-state index contributed by atoms with van der Waals surface area (Å²) in [4.78, 5) is 23.2. The van der Waals surface area contributed by atoms with Gasteiger partial charge < -0.3 is 19.9 Å². The number of rotatable bonds is 10. The maximum Gasteiger partial charge on any atom is 0.326 e. The van der Waals surface area contributed by atoms with E-state index in [0.29, 0.717) is 30.9 Å². The Kier molecular flexibility index (Phi) is 7.99. The molecule has 0 radical (unpaired) electrons. The van der Waals surface area contributed by atoms with Crippen molar-refractivity contribution in [1.29, 1.82) is 0 Å². The van der Waals surface area contributed by atoms with E-state index in [9.17, 15) is 9.59 Å². The number of carbonyl (C=O) groups is 2. The second kappa shape index (κ2) is 9.78. The van der Waals surface area contributed by atoms with Gasteiger partial charge in [-0.15, -0.1) is 0 Å². The fourth-order valence-electron chi connectivity index (χ4n) is 1.85. The van der Waals surface area contributed by atoms with Gasteiger partial charge in [-0.3, -0.25) is 4.79 Å². The number of carbonyl (C=O) groups excluding carboxylic acids is 1. The number of amides is 1. The molecule has 6 nitrogen and oxygen atoms in total. The van der Waals surface area contributed by atoms with Gasteiger partial charge in [0.2, 0.25) is 0 Å². The normalized spacial score (nSPS) is 11.7. The van der Waals surface area contributed by atoms with Gasteiger partial charge in [0.05, 0.1) is 6.61 Å². The van der Waals surface area contributed by atoms with Gasteiger partial charge in [-0.25, -0.2) is 4.79 Å². The van der Waals surface area contributed by atoms with Crippen LogP contribution in [0.25, 0.3) is 0 Å². The van der Waals surface area contributed by atoms with Gasteiger partial charge in [-0.2, -0.15) is 0 Å². The largest absolute Gasteiger partial charge is 0.491 e. The molecule has 0 aliphatic carbocycles.